The molecule has 0 aromatic rings. The zero-order valence-corrected chi connectivity index (χ0v) is 10.4. The highest BCUT2D eigenvalue weighted by molar-refractivity contribution is 5.01. The lowest BCUT2D eigenvalue weighted by molar-refractivity contribution is 0.250. The molecular formula is C15H25N. The highest BCUT2D eigenvalue weighted by Gasteiger charge is 2.49. The van der Waals surface area contributed by atoms with E-state index in [0.717, 1.165) is 29.2 Å². The first kappa shape index (κ1) is 9.94. The molecule has 0 saturated heterocycles. The maximum Gasteiger partial charge on any atom is 0.00684 e. The van der Waals surface area contributed by atoms with E-state index in [1.807, 2.05) is 0 Å². The molecule has 90 valence electrons. The first-order valence-electron chi connectivity index (χ1n) is 7.56. The monoisotopic (exact) mass is 219 g/mol. The van der Waals surface area contributed by atoms with Gasteiger partial charge in [-0.2, -0.15) is 0 Å². The van der Waals surface area contributed by atoms with Crippen LogP contribution in [0.5, 0.6) is 0 Å². The molecule has 4 aliphatic rings. The smallest absolute Gasteiger partial charge is 0.00684 e. The second kappa shape index (κ2) is 3.48. The Labute approximate surface area is 99.4 Å². The van der Waals surface area contributed by atoms with Crippen LogP contribution in [-0.2, 0) is 0 Å². The fourth-order valence-corrected chi connectivity index (χ4v) is 4.46. The molecule has 0 spiro atoms. The zero-order valence-electron chi connectivity index (χ0n) is 10.4. The van der Waals surface area contributed by atoms with Crippen molar-refractivity contribution in [3.05, 3.63) is 0 Å². The van der Waals surface area contributed by atoms with Gasteiger partial charge in [0.25, 0.3) is 0 Å². The second-order valence-corrected chi connectivity index (χ2v) is 7.29. The van der Waals surface area contributed by atoms with Crippen LogP contribution in [0.4, 0.5) is 0 Å². The van der Waals surface area contributed by atoms with Crippen LogP contribution in [0.3, 0.4) is 0 Å². The van der Waals surface area contributed by atoms with Gasteiger partial charge in [-0.25, -0.2) is 0 Å². The molecule has 0 aromatic carbocycles. The van der Waals surface area contributed by atoms with Crippen LogP contribution in [-0.4, -0.2) is 12.6 Å². The number of hydrogen-bond acceptors (Lipinski definition) is 1. The Morgan fingerprint density at radius 3 is 2.44 bits per heavy atom. The summed E-state index contributed by atoms with van der Waals surface area (Å²) in [5, 5.41) is 3.78. The zero-order chi connectivity index (χ0) is 10.6. The molecule has 4 saturated carbocycles. The fourth-order valence-electron chi connectivity index (χ4n) is 4.46. The van der Waals surface area contributed by atoms with E-state index in [4.69, 9.17) is 0 Å². The molecule has 0 aliphatic heterocycles. The maximum atomic E-state index is 3.78. The van der Waals surface area contributed by atoms with Crippen LogP contribution in [0.15, 0.2) is 0 Å². The molecule has 16 heavy (non-hydrogen) atoms. The largest absolute Gasteiger partial charge is 0.313 e. The third-order valence-electron chi connectivity index (χ3n) is 5.88. The Balaban J connectivity index is 1.32. The van der Waals surface area contributed by atoms with Crippen molar-refractivity contribution in [1.29, 1.82) is 0 Å². The van der Waals surface area contributed by atoms with Gasteiger partial charge < -0.3 is 5.32 Å². The molecule has 0 aromatic heterocycles. The van der Waals surface area contributed by atoms with Crippen molar-refractivity contribution in [2.45, 2.75) is 63.8 Å². The van der Waals surface area contributed by atoms with Crippen molar-refractivity contribution < 1.29 is 0 Å². The summed E-state index contributed by atoms with van der Waals surface area (Å²) in [6.07, 6.45) is 13.9. The van der Waals surface area contributed by atoms with E-state index in [1.54, 1.807) is 32.1 Å². The van der Waals surface area contributed by atoms with Gasteiger partial charge in [0.2, 0.25) is 0 Å². The molecule has 0 radical (unpaired) electrons. The van der Waals surface area contributed by atoms with E-state index in [2.05, 4.69) is 5.32 Å². The topological polar surface area (TPSA) is 12.0 Å². The minimum atomic E-state index is 0.776. The third-order valence-corrected chi connectivity index (χ3v) is 5.88. The van der Waals surface area contributed by atoms with Gasteiger partial charge >= 0.3 is 0 Å². The first-order valence-corrected chi connectivity index (χ1v) is 7.56. The van der Waals surface area contributed by atoms with Gasteiger partial charge in [0.15, 0.2) is 0 Å². The summed E-state index contributed by atoms with van der Waals surface area (Å²) in [5.74, 6) is 3.41. The Bertz CT molecular complexity index is 277. The highest BCUT2D eigenvalue weighted by atomic mass is 15.0. The summed E-state index contributed by atoms with van der Waals surface area (Å²) in [6, 6.07) is 0.914. The molecule has 0 heterocycles. The molecule has 2 bridgehead atoms. The van der Waals surface area contributed by atoms with Crippen LogP contribution in [0.25, 0.3) is 0 Å². The van der Waals surface area contributed by atoms with E-state index in [9.17, 15) is 0 Å². The second-order valence-electron chi connectivity index (χ2n) is 7.29. The minimum absolute atomic E-state index is 0.776. The fraction of sp³-hybridized carbons (Fsp3) is 1.00. The molecule has 4 fully saturated rings. The Hall–Kier alpha value is -0.0400. The van der Waals surface area contributed by atoms with E-state index in [-0.39, 0.29) is 0 Å². The number of hydrogen-bond donors (Lipinski definition) is 1. The molecule has 3 atom stereocenters. The third kappa shape index (κ3) is 1.81. The summed E-state index contributed by atoms with van der Waals surface area (Å²) in [7, 11) is 0. The number of fused-ring (bicyclic) bond motifs is 2. The molecular weight excluding hydrogens is 194 g/mol. The van der Waals surface area contributed by atoms with Gasteiger partial charge in [0.05, 0.1) is 0 Å². The molecule has 1 nitrogen and oxygen atoms in total. The Morgan fingerprint density at radius 1 is 1.00 bits per heavy atom. The van der Waals surface area contributed by atoms with Crippen LogP contribution < -0.4 is 5.32 Å². The standard InChI is InChI=1S/C15H25N/c1-2-12-7-11(1)8-13(12)9-15(5-6-15)10-16-14-3-4-14/h11-14,16H,1-10H2. The van der Waals surface area contributed by atoms with Gasteiger partial charge in [-0.3, -0.25) is 0 Å². The number of nitrogens with one attached hydrogen (secondary N) is 1. The average molecular weight is 219 g/mol. The van der Waals surface area contributed by atoms with Crippen molar-refractivity contribution in [1.82, 2.24) is 5.32 Å². The van der Waals surface area contributed by atoms with Crippen LogP contribution in [0.1, 0.15) is 57.8 Å². The van der Waals surface area contributed by atoms with Crippen molar-refractivity contribution in [2.24, 2.45) is 23.2 Å². The predicted octanol–water partition coefficient (Wildman–Crippen LogP) is 3.34. The normalized spacial score (nSPS) is 43.9. The van der Waals surface area contributed by atoms with Crippen molar-refractivity contribution in [3.8, 4) is 0 Å². The van der Waals surface area contributed by atoms with E-state index >= 15 is 0 Å². The highest BCUT2D eigenvalue weighted by Crippen LogP contribution is 2.58. The van der Waals surface area contributed by atoms with Crippen molar-refractivity contribution in [3.63, 3.8) is 0 Å². The summed E-state index contributed by atoms with van der Waals surface area (Å²) >= 11 is 0. The number of rotatable bonds is 5. The van der Waals surface area contributed by atoms with Gasteiger partial charge in [-0.1, -0.05) is 6.42 Å². The van der Waals surface area contributed by atoms with Gasteiger partial charge in [0.1, 0.15) is 0 Å². The van der Waals surface area contributed by atoms with Crippen LogP contribution in [0, 0.1) is 23.2 Å². The molecule has 4 rings (SSSR count). The van der Waals surface area contributed by atoms with E-state index in [1.165, 1.54) is 32.2 Å². The minimum Gasteiger partial charge on any atom is -0.313 e. The summed E-state index contributed by atoms with van der Waals surface area (Å²) in [5.41, 5.74) is 0.776. The summed E-state index contributed by atoms with van der Waals surface area (Å²) < 4.78 is 0. The van der Waals surface area contributed by atoms with Crippen molar-refractivity contribution >= 4 is 0 Å². The van der Waals surface area contributed by atoms with E-state index in [0.29, 0.717) is 0 Å². The van der Waals surface area contributed by atoms with Gasteiger partial charge in [-0.05, 0) is 74.5 Å². The maximum absolute atomic E-state index is 3.78. The summed E-state index contributed by atoms with van der Waals surface area (Å²) in [4.78, 5) is 0. The molecule has 1 N–H and O–H groups in total. The molecule has 1 heteroatoms. The SMILES string of the molecule is C1CC2CC1CC2CC1(CNC2CC2)CC1. The summed E-state index contributed by atoms with van der Waals surface area (Å²) in [6.45, 7) is 1.35. The van der Waals surface area contributed by atoms with E-state index < -0.39 is 0 Å². The van der Waals surface area contributed by atoms with Gasteiger partial charge in [-0.15, -0.1) is 0 Å². The average Bonchev–Trinajstić information content (AvgIpc) is 3.17. The lowest BCUT2D eigenvalue weighted by Gasteiger charge is -2.27. The lowest BCUT2D eigenvalue weighted by Crippen LogP contribution is -2.28. The molecule has 3 unspecified atom stereocenters. The first-order chi connectivity index (χ1) is 7.83. The molecule has 0 amide bonds. The van der Waals surface area contributed by atoms with Crippen LogP contribution >= 0.6 is 0 Å². The predicted molar refractivity (Wildman–Crippen MR) is 66.2 cm³/mol. The Morgan fingerprint density at radius 2 is 1.88 bits per heavy atom. The lowest BCUT2D eigenvalue weighted by atomic mass is 9.81. The van der Waals surface area contributed by atoms with Gasteiger partial charge in [0, 0.05) is 12.6 Å². The molecule has 4 aliphatic carbocycles. The van der Waals surface area contributed by atoms with Crippen LogP contribution in [0.2, 0.25) is 0 Å². The Kier molecular flexibility index (Phi) is 2.16. The van der Waals surface area contributed by atoms with Crippen molar-refractivity contribution in [2.75, 3.05) is 6.54 Å². The quantitative estimate of drug-likeness (QED) is 0.748.